The Morgan fingerprint density at radius 1 is 1.39 bits per heavy atom. The van der Waals surface area contributed by atoms with Crippen molar-refractivity contribution in [1.82, 2.24) is 0 Å². The maximum absolute atomic E-state index is 12.1. The van der Waals surface area contributed by atoms with Gasteiger partial charge in [-0.1, -0.05) is 20.8 Å². The summed E-state index contributed by atoms with van der Waals surface area (Å²) in [7, 11) is 0. The van der Waals surface area contributed by atoms with Crippen molar-refractivity contribution in [3.05, 3.63) is 11.6 Å². The molecule has 2 rings (SSSR count). The van der Waals surface area contributed by atoms with Crippen LogP contribution in [0.15, 0.2) is 11.6 Å². The maximum Gasteiger partial charge on any atom is 0.159 e. The summed E-state index contributed by atoms with van der Waals surface area (Å²) in [4.78, 5) is 12.1. The SMILES string of the molecule is CC1=CC(O)C2(CC1=O)C(C)C(O)CC2C(C)C. The quantitative estimate of drug-likeness (QED) is 0.749. The van der Waals surface area contributed by atoms with Gasteiger partial charge in [-0.25, -0.2) is 0 Å². The summed E-state index contributed by atoms with van der Waals surface area (Å²) in [5.41, 5.74) is 0.189. The number of rotatable bonds is 1. The van der Waals surface area contributed by atoms with Crippen molar-refractivity contribution in [3.63, 3.8) is 0 Å². The summed E-state index contributed by atoms with van der Waals surface area (Å²) in [6.45, 7) is 7.95. The summed E-state index contributed by atoms with van der Waals surface area (Å²) in [5.74, 6) is 0.643. The van der Waals surface area contributed by atoms with Crippen molar-refractivity contribution in [1.29, 1.82) is 0 Å². The lowest BCUT2D eigenvalue weighted by Crippen LogP contribution is -2.48. The number of Topliss-reactive ketones (excluding diaryl/α,β-unsaturated/α-hetero) is 1. The third-order valence-corrected chi connectivity index (χ3v) is 5.28. The zero-order valence-electron chi connectivity index (χ0n) is 11.7. The van der Waals surface area contributed by atoms with Crippen LogP contribution >= 0.6 is 0 Å². The van der Waals surface area contributed by atoms with E-state index in [2.05, 4.69) is 13.8 Å². The van der Waals surface area contributed by atoms with Crippen LogP contribution in [0.25, 0.3) is 0 Å². The highest BCUT2D eigenvalue weighted by Crippen LogP contribution is 2.57. The first-order valence-electron chi connectivity index (χ1n) is 6.88. The molecule has 102 valence electrons. The highest BCUT2D eigenvalue weighted by molar-refractivity contribution is 5.96. The first-order valence-corrected chi connectivity index (χ1v) is 6.88. The number of aliphatic hydroxyl groups excluding tert-OH is 2. The predicted octanol–water partition coefficient (Wildman–Crippen LogP) is 1.93. The molecular weight excluding hydrogens is 228 g/mol. The van der Waals surface area contributed by atoms with E-state index in [0.717, 1.165) is 0 Å². The largest absolute Gasteiger partial charge is 0.393 e. The molecule has 0 aromatic rings. The molecule has 0 bridgehead atoms. The van der Waals surface area contributed by atoms with Crippen LogP contribution in [0.1, 0.15) is 40.5 Å². The minimum Gasteiger partial charge on any atom is -0.393 e. The van der Waals surface area contributed by atoms with Gasteiger partial charge in [0.15, 0.2) is 5.78 Å². The molecular formula is C15H24O3. The molecule has 3 nitrogen and oxygen atoms in total. The van der Waals surface area contributed by atoms with Gasteiger partial charge in [0.2, 0.25) is 0 Å². The van der Waals surface area contributed by atoms with Gasteiger partial charge in [-0.3, -0.25) is 4.79 Å². The lowest BCUT2D eigenvalue weighted by Gasteiger charge is -2.45. The van der Waals surface area contributed by atoms with Crippen LogP contribution in [0, 0.1) is 23.2 Å². The fraction of sp³-hybridized carbons (Fsp3) is 0.800. The summed E-state index contributed by atoms with van der Waals surface area (Å²) < 4.78 is 0. The van der Waals surface area contributed by atoms with E-state index >= 15 is 0 Å². The van der Waals surface area contributed by atoms with Crippen LogP contribution in [0.4, 0.5) is 0 Å². The molecule has 2 aliphatic carbocycles. The number of carbonyl (C=O) groups excluding carboxylic acids is 1. The Labute approximate surface area is 109 Å². The van der Waals surface area contributed by atoms with Gasteiger partial charge in [0.05, 0.1) is 12.2 Å². The Morgan fingerprint density at radius 2 is 2.00 bits per heavy atom. The monoisotopic (exact) mass is 252 g/mol. The van der Waals surface area contributed by atoms with Crippen molar-refractivity contribution < 1.29 is 15.0 Å². The second-order valence-electron chi connectivity index (χ2n) is 6.45. The van der Waals surface area contributed by atoms with Crippen LogP contribution in [0.5, 0.6) is 0 Å². The Balaban J connectivity index is 2.47. The normalized spacial score (nSPS) is 44.8. The molecule has 5 unspecified atom stereocenters. The minimum absolute atomic E-state index is 0.0341. The molecule has 2 aliphatic rings. The second kappa shape index (κ2) is 4.46. The molecule has 0 aromatic carbocycles. The summed E-state index contributed by atoms with van der Waals surface area (Å²) in [6.07, 6.45) is 1.73. The molecule has 0 saturated heterocycles. The number of aliphatic hydroxyl groups is 2. The number of allylic oxidation sites excluding steroid dienone is 1. The summed E-state index contributed by atoms with van der Waals surface area (Å²) in [6, 6.07) is 0. The molecule has 3 heteroatoms. The van der Waals surface area contributed by atoms with Crippen molar-refractivity contribution in [3.8, 4) is 0 Å². The van der Waals surface area contributed by atoms with Crippen LogP contribution in [0.2, 0.25) is 0 Å². The van der Waals surface area contributed by atoms with Gasteiger partial charge in [0.25, 0.3) is 0 Å². The lowest BCUT2D eigenvalue weighted by atomic mass is 9.60. The van der Waals surface area contributed by atoms with E-state index in [-0.39, 0.29) is 17.6 Å². The van der Waals surface area contributed by atoms with Gasteiger partial charge in [-0.2, -0.15) is 0 Å². The fourth-order valence-corrected chi connectivity index (χ4v) is 4.06. The highest BCUT2D eigenvalue weighted by atomic mass is 16.3. The molecule has 1 saturated carbocycles. The maximum atomic E-state index is 12.1. The van der Waals surface area contributed by atoms with Crippen molar-refractivity contribution in [2.45, 2.75) is 52.7 Å². The van der Waals surface area contributed by atoms with Crippen LogP contribution in [-0.2, 0) is 4.79 Å². The van der Waals surface area contributed by atoms with Gasteiger partial charge in [-0.05, 0) is 42.7 Å². The number of hydrogen-bond acceptors (Lipinski definition) is 3. The van der Waals surface area contributed by atoms with E-state index in [4.69, 9.17) is 0 Å². The molecule has 18 heavy (non-hydrogen) atoms. The van der Waals surface area contributed by atoms with Crippen LogP contribution < -0.4 is 0 Å². The third kappa shape index (κ3) is 1.76. The van der Waals surface area contributed by atoms with Gasteiger partial charge >= 0.3 is 0 Å². The van der Waals surface area contributed by atoms with Crippen molar-refractivity contribution >= 4 is 5.78 Å². The van der Waals surface area contributed by atoms with E-state index in [9.17, 15) is 15.0 Å². The summed E-state index contributed by atoms with van der Waals surface area (Å²) >= 11 is 0. The first-order chi connectivity index (χ1) is 8.30. The lowest BCUT2D eigenvalue weighted by molar-refractivity contribution is -0.126. The Bertz CT molecular complexity index is 385. The predicted molar refractivity (Wildman–Crippen MR) is 69.9 cm³/mol. The van der Waals surface area contributed by atoms with Crippen molar-refractivity contribution in [2.24, 2.45) is 23.2 Å². The topological polar surface area (TPSA) is 57.5 Å². The molecule has 0 amide bonds. The zero-order valence-corrected chi connectivity index (χ0v) is 11.7. The number of carbonyl (C=O) groups is 1. The van der Waals surface area contributed by atoms with Crippen molar-refractivity contribution in [2.75, 3.05) is 0 Å². The Morgan fingerprint density at radius 3 is 2.56 bits per heavy atom. The molecule has 0 heterocycles. The minimum atomic E-state index is -0.616. The molecule has 5 atom stereocenters. The number of ketones is 1. The highest BCUT2D eigenvalue weighted by Gasteiger charge is 2.58. The van der Waals surface area contributed by atoms with E-state index in [1.54, 1.807) is 13.0 Å². The molecule has 0 aromatic heterocycles. The Hall–Kier alpha value is -0.670. The fourth-order valence-electron chi connectivity index (χ4n) is 4.06. The van der Waals surface area contributed by atoms with E-state index in [1.807, 2.05) is 6.92 Å². The van der Waals surface area contributed by atoms with E-state index in [1.165, 1.54) is 0 Å². The number of hydrogen-bond donors (Lipinski definition) is 2. The van der Waals surface area contributed by atoms with Crippen LogP contribution in [-0.4, -0.2) is 28.2 Å². The smallest absolute Gasteiger partial charge is 0.159 e. The molecule has 1 spiro atoms. The zero-order chi connectivity index (χ0) is 13.7. The summed E-state index contributed by atoms with van der Waals surface area (Å²) in [5, 5.41) is 20.7. The van der Waals surface area contributed by atoms with Gasteiger partial charge in [0, 0.05) is 11.8 Å². The molecule has 0 radical (unpaired) electrons. The van der Waals surface area contributed by atoms with E-state index in [0.29, 0.717) is 24.3 Å². The standard InChI is InChI=1S/C15H24O3/c1-8(2)11-6-12(16)10(4)15(11)7-13(17)9(3)5-14(15)18/h5,8,10-12,14,16,18H,6-7H2,1-4H3. The first kappa shape index (κ1) is 13.8. The average molecular weight is 252 g/mol. The molecule has 0 aliphatic heterocycles. The van der Waals surface area contributed by atoms with Gasteiger partial charge < -0.3 is 10.2 Å². The second-order valence-corrected chi connectivity index (χ2v) is 6.45. The average Bonchev–Trinajstić information content (AvgIpc) is 2.53. The molecule has 1 fully saturated rings. The van der Waals surface area contributed by atoms with Crippen LogP contribution in [0.3, 0.4) is 0 Å². The van der Waals surface area contributed by atoms with Gasteiger partial charge in [0.1, 0.15) is 0 Å². The molecule has 2 N–H and O–H groups in total. The van der Waals surface area contributed by atoms with E-state index < -0.39 is 17.6 Å². The van der Waals surface area contributed by atoms with Gasteiger partial charge in [-0.15, -0.1) is 0 Å². The third-order valence-electron chi connectivity index (χ3n) is 5.28. The Kier molecular flexibility index (Phi) is 3.41.